The molecule has 2 bridgehead atoms. The molecule has 0 aliphatic heterocycles. The van der Waals surface area contributed by atoms with Gasteiger partial charge in [0.05, 0.1) is 5.41 Å². The van der Waals surface area contributed by atoms with Crippen LogP contribution in [-0.4, -0.2) is 11.1 Å². The molecule has 1 aromatic rings. The molecule has 2 fully saturated rings. The fourth-order valence-electron chi connectivity index (χ4n) is 3.98. The molecule has 1 N–H and O–H groups in total. The zero-order chi connectivity index (χ0) is 12.8. The lowest BCUT2D eigenvalue weighted by atomic mass is 9.69. The fraction of sp³-hybridized carbons (Fsp3) is 0.533. The number of rotatable bonds is 3. The Balaban J connectivity index is 1.93. The third-order valence-electron chi connectivity index (χ3n) is 4.87. The van der Waals surface area contributed by atoms with Crippen LogP contribution in [0.4, 0.5) is 4.39 Å². The first-order chi connectivity index (χ1) is 8.62. The molecule has 3 rings (SSSR count). The van der Waals surface area contributed by atoms with E-state index in [1.807, 2.05) is 0 Å². The number of carbonyl (C=O) groups is 1. The van der Waals surface area contributed by atoms with E-state index in [0.29, 0.717) is 17.9 Å². The summed E-state index contributed by atoms with van der Waals surface area (Å²) in [6, 6.07) is 6.55. The first kappa shape index (κ1) is 11.7. The third-order valence-corrected chi connectivity index (χ3v) is 4.87. The van der Waals surface area contributed by atoms with Crippen LogP contribution in [-0.2, 0) is 11.2 Å². The van der Waals surface area contributed by atoms with Crippen molar-refractivity contribution in [2.75, 3.05) is 0 Å². The molecular formula is C15H17FO2. The molecule has 3 atom stereocenters. The minimum Gasteiger partial charge on any atom is -0.481 e. The zero-order valence-corrected chi connectivity index (χ0v) is 10.2. The van der Waals surface area contributed by atoms with Gasteiger partial charge in [-0.15, -0.1) is 0 Å². The first-order valence-corrected chi connectivity index (χ1v) is 6.58. The maximum absolute atomic E-state index is 13.7. The van der Waals surface area contributed by atoms with E-state index >= 15 is 0 Å². The van der Waals surface area contributed by atoms with Crippen molar-refractivity contribution in [3.8, 4) is 0 Å². The Hall–Kier alpha value is -1.38. The molecule has 3 heteroatoms. The highest BCUT2D eigenvalue weighted by molar-refractivity contribution is 5.76. The molecule has 0 amide bonds. The van der Waals surface area contributed by atoms with Crippen LogP contribution in [0.5, 0.6) is 0 Å². The maximum atomic E-state index is 13.7. The highest BCUT2D eigenvalue weighted by Crippen LogP contribution is 2.57. The van der Waals surface area contributed by atoms with Gasteiger partial charge >= 0.3 is 5.97 Å². The number of halogens is 1. The lowest BCUT2D eigenvalue weighted by molar-refractivity contribution is -0.152. The van der Waals surface area contributed by atoms with Gasteiger partial charge in [0.25, 0.3) is 0 Å². The molecule has 0 aromatic heterocycles. The SMILES string of the molecule is O=C(O)C1(Cc2ccccc2F)CC2CCC1C2. The van der Waals surface area contributed by atoms with E-state index in [-0.39, 0.29) is 11.7 Å². The monoisotopic (exact) mass is 248 g/mol. The van der Waals surface area contributed by atoms with E-state index in [4.69, 9.17) is 0 Å². The molecule has 2 aliphatic carbocycles. The fourth-order valence-corrected chi connectivity index (χ4v) is 3.98. The largest absolute Gasteiger partial charge is 0.481 e. The Morgan fingerprint density at radius 2 is 2.17 bits per heavy atom. The van der Waals surface area contributed by atoms with Gasteiger partial charge in [-0.1, -0.05) is 24.6 Å². The number of fused-ring (bicyclic) bond motifs is 2. The van der Waals surface area contributed by atoms with Gasteiger partial charge in [-0.3, -0.25) is 4.79 Å². The summed E-state index contributed by atoms with van der Waals surface area (Å²) in [6.07, 6.45) is 4.22. The summed E-state index contributed by atoms with van der Waals surface area (Å²) in [5, 5.41) is 9.62. The highest BCUT2D eigenvalue weighted by atomic mass is 19.1. The van der Waals surface area contributed by atoms with Crippen molar-refractivity contribution in [1.29, 1.82) is 0 Å². The van der Waals surface area contributed by atoms with Crippen LogP contribution in [0, 0.1) is 23.1 Å². The molecule has 18 heavy (non-hydrogen) atoms. The smallest absolute Gasteiger partial charge is 0.310 e. The summed E-state index contributed by atoms with van der Waals surface area (Å²) in [7, 11) is 0. The van der Waals surface area contributed by atoms with Crippen molar-refractivity contribution in [3.05, 3.63) is 35.6 Å². The minimum absolute atomic E-state index is 0.236. The average molecular weight is 248 g/mol. The Labute approximate surface area is 106 Å². The number of hydrogen-bond donors (Lipinski definition) is 1. The second-order valence-electron chi connectivity index (χ2n) is 5.81. The standard InChI is InChI=1S/C15H17FO2/c16-13-4-2-1-3-11(13)9-15(14(17)18)8-10-5-6-12(15)7-10/h1-4,10,12H,5-9H2,(H,17,18). The molecule has 0 heterocycles. The summed E-state index contributed by atoms with van der Waals surface area (Å²) in [6.45, 7) is 0. The topological polar surface area (TPSA) is 37.3 Å². The number of hydrogen-bond acceptors (Lipinski definition) is 1. The lowest BCUT2D eigenvalue weighted by Gasteiger charge is -2.33. The first-order valence-electron chi connectivity index (χ1n) is 6.58. The normalized spacial score (nSPS) is 33.8. The maximum Gasteiger partial charge on any atom is 0.310 e. The Bertz CT molecular complexity index is 485. The highest BCUT2D eigenvalue weighted by Gasteiger charge is 2.55. The van der Waals surface area contributed by atoms with E-state index in [1.54, 1.807) is 18.2 Å². The summed E-state index contributed by atoms with van der Waals surface area (Å²) in [5.41, 5.74) is -0.169. The van der Waals surface area contributed by atoms with Crippen LogP contribution in [0.15, 0.2) is 24.3 Å². The van der Waals surface area contributed by atoms with Gasteiger partial charge in [-0.2, -0.15) is 0 Å². The van der Waals surface area contributed by atoms with E-state index in [9.17, 15) is 14.3 Å². The van der Waals surface area contributed by atoms with Gasteiger partial charge in [0.2, 0.25) is 0 Å². The second kappa shape index (κ2) is 4.08. The Morgan fingerprint density at radius 1 is 1.39 bits per heavy atom. The predicted molar refractivity (Wildman–Crippen MR) is 65.6 cm³/mol. The van der Waals surface area contributed by atoms with Gasteiger partial charge in [0, 0.05) is 0 Å². The van der Waals surface area contributed by atoms with Crippen LogP contribution in [0.3, 0.4) is 0 Å². The number of benzene rings is 1. The Kier molecular flexibility index (Phi) is 2.65. The predicted octanol–water partition coefficient (Wildman–Crippen LogP) is 3.26. The van der Waals surface area contributed by atoms with Gasteiger partial charge in [0.1, 0.15) is 5.82 Å². The van der Waals surface area contributed by atoms with E-state index in [1.165, 1.54) is 6.07 Å². The van der Waals surface area contributed by atoms with Gasteiger partial charge in [-0.05, 0) is 49.1 Å². The van der Waals surface area contributed by atoms with Crippen molar-refractivity contribution < 1.29 is 14.3 Å². The summed E-state index contributed by atoms with van der Waals surface area (Å²) in [4.78, 5) is 11.7. The van der Waals surface area contributed by atoms with Gasteiger partial charge in [-0.25, -0.2) is 4.39 Å². The van der Waals surface area contributed by atoms with Crippen LogP contribution < -0.4 is 0 Å². The van der Waals surface area contributed by atoms with E-state index in [2.05, 4.69) is 0 Å². The summed E-state index contributed by atoms with van der Waals surface area (Å²) >= 11 is 0. The number of carboxylic acids is 1. The minimum atomic E-state index is -0.738. The molecular weight excluding hydrogens is 231 g/mol. The molecule has 0 spiro atoms. The van der Waals surface area contributed by atoms with Gasteiger partial charge in [0.15, 0.2) is 0 Å². The van der Waals surface area contributed by atoms with E-state index < -0.39 is 11.4 Å². The van der Waals surface area contributed by atoms with Crippen molar-refractivity contribution in [2.45, 2.75) is 32.1 Å². The Morgan fingerprint density at radius 3 is 2.72 bits per heavy atom. The molecule has 0 saturated heterocycles. The molecule has 2 saturated carbocycles. The van der Waals surface area contributed by atoms with Gasteiger partial charge < -0.3 is 5.11 Å². The van der Waals surface area contributed by atoms with E-state index in [0.717, 1.165) is 25.7 Å². The molecule has 2 aliphatic rings. The quantitative estimate of drug-likeness (QED) is 0.891. The molecule has 2 nitrogen and oxygen atoms in total. The molecule has 1 aromatic carbocycles. The van der Waals surface area contributed by atoms with Crippen LogP contribution in [0.25, 0.3) is 0 Å². The molecule has 0 radical (unpaired) electrons. The number of aliphatic carboxylic acids is 1. The zero-order valence-electron chi connectivity index (χ0n) is 10.2. The van der Waals surface area contributed by atoms with Crippen LogP contribution in [0.2, 0.25) is 0 Å². The van der Waals surface area contributed by atoms with Crippen LogP contribution >= 0.6 is 0 Å². The average Bonchev–Trinajstić information content (AvgIpc) is 2.93. The molecule has 3 unspecified atom stereocenters. The van der Waals surface area contributed by atoms with Crippen molar-refractivity contribution in [3.63, 3.8) is 0 Å². The second-order valence-corrected chi connectivity index (χ2v) is 5.81. The van der Waals surface area contributed by atoms with Crippen molar-refractivity contribution in [2.24, 2.45) is 17.3 Å². The van der Waals surface area contributed by atoms with Crippen LogP contribution in [0.1, 0.15) is 31.2 Å². The third kappa shape index (κ3) is 1.64. The lowest BCUT2D eigenvalue weighted by Crippen LogP contribution is -2.38. The summed E-state index contributed by atoms with van der Waals surface area (Å²) < 4.78 is 13.7. The molecule has 96 valence electrons. The van der Waals surface area contributed by atoms with Crippen molar-refractivity contribution in [1.82, 2.24) is 0 Å². The summed E-state index contributed by atoms with van der Waals surface area (Å²) in [5.74, 6) is -0.240. The van der Waals surface area contributed by atoms with Crippen molar-refractivity contribution >= 4 is 5.97 Å². The number of carboxylic acid groups (broad SMARTS) is 1.